The van der Waals surface area contributed by atoms with Gasteiger partial charge in [0.25, 0.3) is 5.56 Å². The van der Waals surface area contributed by atoms with Gasteiger partial charge in [0.1, 0.15) is 11.0 Å². The number of halogens is 1. The Morgan fingerprint density at radius 1 is 1.32 bits per heavy atom. The minimum absolute atomic E-state index is 0.115. The first kappa shape index (κ1) is 16.2. The van der Waals surface area contributed by atoms with Gasteiger partial charge in [-0.2, -0.15) is 0 Å². The Bertz CT molecular complexity index is 455. The molecule has 0 aliphatic carbocycles. The van der Waals surface area contributed by atoms with Gasteiger partial charge in [-0.25, -0.2) is 4.98 Å². The van der Waals surface area contributed by atoms with Crippen LogP contribution in [0.2, 0.25) is 5.15 Å². The molecular weight excluding hydrogens is 264 g/mol. The lowest BCUT2D eigenvalue weighted by atomic mass is 10.1. The topological polar surface area (TPSA) is 44.1 Å². The maximum atomic E-state index is 11.9. The van der Waals surface area contributed by atoms with Gasteiger partial charge in [0.2, 0.25) is 0 Å². The summed E-state index contributed by atoms with van der Waals surface area (Å²) >= 11 is 5.83. The first-order valence-corrected chi connectivity index (χ1v) is 7.14. The van der Waals surface area contributed by atoms with Crippen LogP contribution >= 0.6 is 11.6 Å². The molecule has 0 radical (unpaired) electrons. The monoisotopic (exact) mass is 286 g/mol. The summed E-state index contributed by atoms with van der Waals surface area (Å²) in [5, 5.41) is 0.255. The summed E-state index contributed by atoms with van der Waals surface area (Å²) in [5.41, 5.74) is -0.115. The summed E-state index contributed by atoms with van der Waals surface area (Å²) in [6, 6.07) is 1.35. The van der Waals surface area contributed by atoms with Gasteiger partial charge in [0.15, 0.2) is 0 Å². The Morgan fingerprint density at radius 2 is 2.00 bits per heavy atom. The Hall–Kier alpha value is -0.870. The van der Waals surface area contributed by atoms with Gasteiger partial charge in [-0.3, -0.25) is 9.36 Å². The van der Waals surface area contributed by atoms with Crippen molar-refractivity contribution >= 4 is 11.6 Å². The Balaban J connectivity index is 2.65. The molecule has 0 atom stereocenters. The molecule has 0 saturated heterocycles. The zero-order chi connectivity index (χ0) is 14.4. The molecule has 0 aliphatic heterocycles. The molecule has 0 unspecified atom stereocenters. The Labute approximate surface area is 119 Å². The van der Waals surface area contributed by atoms with Crippen molar-refractivity contribution in [2.24, 2.45) is 5.92 Å². The van der Waals surface area contributed by atoms with E-state index in [0.717, 1.165) is 13.0 Å². The fourth-order valence-corrected chi connectivity index (χ4v) is 1.92. The number of rotatable bonds is 7. The molecule has 19 heavy (non-hydrogen) atoms. The van der Waals surface area contributed by atoms with Gasteiger partial charge in [0, 0.05) is 18.6 Å². The predicted molar refractivity (Wildman–Crippen MR) is 77.9 cm³/mol. The summed E-state index contributed by atoms with van der Waals surface area (Å²) in [6.45, 7) is 10.1. The fraction of sp³-hybridized carbons (Fsp3) is 0.714. The van der Waals surface area contributed by atoms with E-state index in [0.29, 0.717) is 24.9 Å². The fourth-order valence-electron chi connectivity index (χ4n) is 1.74. The zero-order valence-corrected chi connectivity index (χ0v) is 12.9. The minimum atomic E-state index is -0.115. The number of hydrogen-bond acceptors (Lipinski definition) is 3. The average molecular weight is 287 g/mol. The van der Waals surface area contributed by atoms with E-state index < -0.39 is 0 Å². The highest BCUT2D eigenvalue weighted by Crippen LogP contribution is 2.12. The predicted octanol–water partition coefficient (Wildman–Crippen LogP) is 3.08. The van der Waals surface area contributed by atoms with Crippen molar-refractivity contribution in [1.29, 1.82) is 0 Å². The molecule has 0 fully saturated rings. The first-order valence-electron chi connectivity index (χ1n) is 6.76. The lowest BCUT2D eigenvalue weighted by Crippen LogP contribution is -2.27. The van der Waals surface area contributed by atoms with Crippen molar-refractivity contribution in [3.05, 3.63) is 27.4 Å². The second-order valence-corrected chi connectivity index (χ2v) is 5.76. The van der Waals surface area contributed by atoms with Crippen molar-refractivity contribution < 1.29 is 4.74 Å². The number of nitrogens with zero attached hydrogens (tertiary/aromatic N) is 2. The third kappa shape index (κ3) is 5.33. The van der Waals surface area contributed by atoms with E-state index in [1.807, 2.05) is 13.8 Å². The SMILES string of the molecule is CC(C)CCOCCn1c(C(C)C)nc(Cl)cc1=O. The minimum Gasteiger partial charge on any atom is -0.380 e. The molecule has 108 valence electrons. The largest absolute Gasteiger partial charge is 0.380 e. The molecule has 0 aromatic carbocycles. The van der Waals surface area contributed by atoms with Gasteiger partial charge < -0.3 is 4.74 Å². The molecule has 5 heteroatoms. The molecule has 0 saturated carbocycles. The lowest BCUT2D eigenvalue weighted by Gasteiger charge is -2.15. The van der Waals surface area contributed by atoms with E-state index in [-0.39, 0.29) is 16.6 Å². The average Bonchev–Trinajstić information content (AvgIpc) is 2.29. The van der Waals surface area contributed by atoms with E-state index in [9.17, 15) is 4.79 Å². The summed E-state index contributed by atoms with van der Waals surface area (Å²) in [4.78, 5) is 16.2. The van der Waals surface area contributed by atoms with Crippen molar-refractivity contribution in [2.45, 2.75) is 46.6 Å². The van der Waals surface area contributed by atoms with Crippen molar-refractivity contribution in [2.75, 3.05) is 13.2 Å². The van der Waals surface area contributed by atoms with Crippen LogP contribution in [0, 0.1) is 5.92 Å². The molecule has 0 aliphatic rings. The van der Waals surface area contributed by atoms with Gasteiger partial charge in [-0.05, 0) is 12.3 Å². The molecule has 0 amide bonds. The second-order valence-electron chi connectivity index (χ2n) is 5.38. The normalized spacial score (nSPS) is 11.5. The van der Waals surface area contributed by atoms with Gasteiger partial charge in [-0.15, -0.1) is 0 Å². The number of aromatic nitrogens is 2. The molecule has 0 spiro atoms. The lowest BCUT2D eigenvalue weighted by molar-refractivity contribution is 0.114. The van der Waals surface area contributed by atoms with Crippen LogP contribution in [-0.4, -0.2) is 22.8 Å². The molecule has 1 aromatic rings. The van der Waals surface area contributed by atoms with Gasteiger partial charge in [-0.1, -0.05) is 39.3 Å². The van der Waals surface area contributed by atoms with Crippen LogP contribution in [0.15, 0.2) is 10.9 Å². The van der Waals surface area contributed by atoms with Gasteiger partial charge >= 0.3 is 0 Å². The van der Waals surface area contributed by atoms with E-state index in [4.69, 9.17) is 16.3 Å². The number of hydrogen-bond donors (Lipinski definition) is 0. The summed E-state index contributed by atoms with van der Waals surface area (Å²) in [6.07, 6.45) is 1.03. The quantitative estimate of drug-likeness (QED) is 0.571. The van der Waals surface area contributed by atoms with E-state index in [1.165, 1.54) is 6.07 Å². The molecule has 0 bridgehead atoms. The molecule has 0 N–H and O–H groups in total. The first-order chi connectivity index (χ1) is 8.91. The Kier molecular flexibility index (Phi) is 6.52. The third-order valence-electron chi connectivity index (χ3n) is 2.82. The van der Waals surface area contributed by atoms with Crippen molar-refractivity contribution in [3.8, 4) is 0 Å². The summed E-state index contributed by atoms with van der Waals surface area (Å²) < 4.78 is 7.19. The second kappa shape index (κ2) is 7.65. The van der Waals surface area contributed by atoms with Crippen LogP contribution in [0.1, 0.15) is 45.9 Å². The van der Waals surface area contributed by atoms with Crippen LogP contribution in [0.5, 0.6) is 0 Å². The maximum absolute atomic E-state index is 11.9. The highest BCUT2D eigenvalue weighted by Gasteiger charge is 2.11. The summed E-state index contributed by atoms with van der Waals surface area (Å²) in [7, 11) is 0. The number of ether oxygens (including phenoxy) is 1. The smallest absolute Gasteiger partial charge is 0.255 e. The van der Waals surface area contributed by atoms with E-state index in [2.05, 4.69) is 18.8 Å². The van der Waals surface area contributed by atoms with Gasteiger partial charge in [0.05, 0.1) is 13.2 Å². The van der Waals surface area contributed by atoms with E-state index in [1.54, 1.807) is 4.57 Å². The third-order valence-corrected chi connectivity index (χ3v) is 3.02. The summed E-state index contributed by atoms with van der Waals surface area (Å²) in [5.74, 6) is 1.50. The zero-order valence-electron chi connectivity index (χ0n) is 12.1. The molecule has 1 heterocycles. The standard InChI is InChI=1S/C14H23ClN2O2/c1-10(2)5-7-19-8-6-17-13(18)9-12(15)16-14(17)11(3)4/h9-11H,5-8H2,1-4H3. The highest BCUT2D eigenvalue weighted by atomic mass is 35.5. The van der Waals surface area contributed by atoms with Crippen LogP contribution in [0.25, 0.3) is 0 Å². The molecule has 1 aromatic heterocycles. The van der Waals surface area contributed by atoms with E-state index >= 15 is 0 Å². The Morgan fingerprint density at radius 3 is 2.58 bits per heavy atom. The van der Waals surface area contributed by atoms with Crippen LogP contribution in [-0.2, 0) is 11.3 Å². The van der Waals surface area contributed by atoms with Crippen LogP contribution in [0.4, 0.5) is 0 Å². The van der Waals surface area contributed by atoms with Crippen LogP contribution in [0.3, 0.4) is 0 Å². The van der Waals surface area contributed by atoms with Crippen LogP contribution < -0.4 is 5.56 Å². The molecular formula is C14H23ClN2O2. The van der Waals surface area contributed by atoms with Crippen molar-refractivity contribution in [3.63, 3.8) is 0 Å². The molecule has 1 rings (SSSR count). The molecule has 4 nitrogen and oxygen atoms in total. The highest BCUT2D eigenvalue weighted by molar-refractivity contribution is 6.29. The van der Waals surface area contributed by atoms with Crippen molar-refractivity contribution in [1.82, 2.24) is 9.55 Å². The maximum Gasteiger partial charge on any atom is 0.255 e.